The minimum atomic E-state index is -0.155. The van der Waals surface area contributed by atoms with Gasteiger partial charge in [0.25, 0.3) is 5.56 Å². The Hall–Kier alpha value is -2.17. The van der Waals surface area contributed by atoms with E-state index in [4.69, 9.17) is 0 Å². The third-order valence-electron chi connectivity index (χ3n) is 4.08. The smallest absolute Gasteiger partial charge is 0.258 e. The van der Waals surface area contributed by atoms with Gasteiger partial charge in [0.15, 0.2) is 0 Å². The average Bonchev–Trinajstić information content (AvgIpc) is 2.52. The molecule has 0 aliphatic heterocycles. The third kappa shape index (κ3) is 5.48. The van der Waals surface area contributed by atoms with Crippen LogP contribution < -0.4 is 10.9 Å². The summed E-state index contributed by atoms with van der Waals surface area (Å²) >= 11 is 0. The van der Waals surface area contributed by atoms with Gasteiger partial charge in [-0.25, -0.2) is 4.98 Å². The number of fused-ring (bicyclic) bond motifs is 1. The first kappa shape index (κ1) is 18.2. The number of aryl methyl sites for hydroxylation is 1. The SMILES string of the molecule is CC(C)CCCC(C)NC(=O)CCc1nc2ccccc2c(=O)[nH]1. The lowest BCUT2D eigenvalue weighted by Gasteiger charge is -2.14. The van der Waals surface area contributed by atoms with Crippen LogP contribution in [0.2, 0.25) is 0 Å². The highest BCUT2D eigenvalue weighted by atomic mass is 16.1. The summed E-state index contributed by atoms with van der Waals surface area (Å²) in [5.74, 6) is 1.26. The van der Waals surface area contributed by atoms with Crippen molar-refractivity contribution in [2.24, 2.45) is 5.92 Å². The van der Waals surface area contributed by atoms with Gasteiger partial charge in [0.1, 0.15) is 5.82 Å². The maximum absolute atomic E-state index is 12.0. The molecule has 0 radical (unpaired) electrons. The number of benzene rings is 1. The quantitative estimate of drug-likeness (QED) is 0.781. The van der Waals surface area contributed by atoms with E-state index < -0.39 is 0 Å². The van der Waals surface area contributed by atoms with E-state index in [2.05, 4.69) is 29.1 Å². The number of nitrogens with one attached hydrogen (secondary N) is 2. The van der Waals surface area contributed by atoms with Gasteiger partial charge in [-0.1, -0.05) is 38.8 Å². The van der Waals surface area contributed by atoms with E-state index >= 15 is 0 Å². The standard InChI is InChI=1S/C19H27N3O2/c1-13(2)7-6-8-14(3)20-18(23)12-11-17-21-16-10-5-4-9-15(16)19(24)22-17/h4-5,9-10,13-14H,6-8,11-12H2,1-3H3,(H,20,23)(H,21,22,24). The molecule has 2 rings (SSSR count). The number of nitrogens with zero attached hydrogens (tertiary/aromatic N) is 1. The van der Waals surface area contributed by atoms with Gasteiger partial charge in [0.2, 0.25) is 5.91 Å². The van der Waals surface area contributed by atoms with E-state index in [0.717, 1.165) is 12.8 Å². The van der Waals surface area contributed by atoms with Crippen molar-refractivity contribution < 1.29 is 4.79 Å². The van der Waals surface area contributed by atoms with Crippen molar-refractivity contribution in [2.75, 3.05) is 0 Å². The molecule has 1 aromatic heterocycles. The van der Waals surface area contributed by atoms with Crippen LogP contribution >= 0.6 is 0 Å². The first-order valence-corrected chi connectivity index (χ1v) is 8.73. The largest absolute Gasteiger partial charge is 0.354 e. The highest BCUT2D eigenvalue weighted by Crippen LogP contribution is 2.09. The van der Waals surface area contributed by atoms with Crippen molar-refractivity contribution >= 4 is 16.8 Å². The molecule has 1 heterocycles. The van der Waals surface area contributed by atoms with Gasteiger partial charge in [0.05, 0.1) is 10.9 Å². The molecule has 0 aliphatic rings. The van der Waals surface area contributed by atoms with E-state index in [9.17, 15) is 9.59 Å². The van der Waals surface area contributed by atoms with Crippen LogP contribution in [0.5, 0.6) is 0 Å². The molecule has 1 aromatic carbocycles. The molecule has 5 nitrogen and oxygen atoms in total. The topological polar surface area (TPSA) is 74.8 Å². The molecule has 5 heteroatoms. The Morgan fingerprint density at radius 2 is 1.96 bits per heavy atom. The summed E-state index contributed by atoms with van der Waals surface area (Å²) in [6.07, 6.45) is 4.07. The first-order chi connectivity index (χ1) is 11.5. The van der Waals surface area contributed by atoms with E-state index in [1.54, 1.807) is 6.07 Å². The molecular weight excluding hydrogens is 302 g/mol. The fourth-order valence-corrected chi connectivity index (χ4v) is 2.74. The summed E-state index contributed by atoms with van der Waals surface area (Å²) in [7, 11) is 0. The van der Waals surface area contributed by atoms with Gasteiger partial charge in [0, 0.05) is 18.9 Å². The summed E-state index contributed by atoms with van der Waals surface area (Å²) in [4.78, 5) is 31.2. The molecule has 0 aliphatic carbocycles. The molecule has 1 amide bonds. The predicted molar refractivity (Wildman–Crippen MR) is 97.0 cm³/mol. The lowest BCUT2D eigenvalue weighted by atomic mass is 10.0. The number of aromatic nitrogens is 2. The average molecular weight is 329 g/mol. The van der Waals surface area contributed by atoms with Crippen LogP contribution in [-0.4, -0.2) is 21.9 Å². The molecule has 24 heavy (non-hydrogen) atoms. The van der Waals surface area contributed by atoms with Crippen molar-refractivity contribution in [3.63, 3.8) is 0 Å². The zero-order chi connectivity index (χ0) is 17.5. The van der Waals surface area contributed by atoms with Crippen LogP contribution in [0.1, 0.15) is 52.3 Å². The Kier molecular flexibility index (Phi) is 6.53. The lowest BCUT2D eigenvalue weighted by molar-refractivity contribution is -0.121. The molecule has 2 N–H and O–H groups in total. The highest BCUT2D eigenvalue weighted by Gasteiger charge is 2.10. The van der Waals surface area contributed by atoms with Crippen LogP contribution in [0.3, 0.4) is 0 Å². The minimum absolute atomic E-state index is 0.00264. The molecule has 1 unspecified atom stereocenters. The third-order valence-corrected chi connectivity index (χ3v) is 4.08. The number of amides is 1. The number of rotatable bonds is 8. The van der Waals surface area contributed by atoms with Gasteiger partial charge in [-0.05, 0) is 31.4 Å². The lowest BCUT2D eigenvalue weighted by Crippen LogP contribution is -2.32. The monoisotopic (exact) mass is 329 g/mol. The van der Waals surface area contributed by atoms with E-state index in [1.807, 2.05) is 25.1 Å². The molecule has 0 bridgehead atoms. The Bertz CT molecular complexity index is 737. The van der Waals surface area contributed by atoms with Crippen molar-refractivity contribution in [3.05, 3.63) is 40.4 Å². The van der Waals surface area contributed by atoms with Crippen molar-refractivity contribution in [1.82, 2.24) is 15.3 Å². The predicted octanol–water partition coefficient (Wildman–Crippen LogP) is 3.19. The number of hydrogen-bond donors (Lipinski definition) is 2. The molecule has 1 atom stereocenters. The second-order valence-corrected chi connectivity index (χ2v) is 6.82. The molecule has 0 saturated heterocycles. The van der Waals surface area contributed by atoms with E-state index in [-0.39, 0.29) is 17.5 Å². The maximum atomic E-state index is 12.0. The summed E-state index contributed by atoms with van der Waals surface area (Å²) in [6, 6.07) is 7.40. The van der Waals surface area contributed by atoms with Crippen LogP contribution in [0.15, 0.2) is 29.1 Å². The van der Waals surface area contributed by atoms with Gasteiger partial charge < -0.3 is 10.3 Å². The van der Waals surface area contributed by atoms with Crippen molar-refractivity contribution in [3.8, 4) is 0 Å². The Labute approximate surface area is 142 Å². The number of carbonyl (C=O) groups excluding carboxylic acids is 1. The normalized spacial score (nSPS) is 12.5. The number of H-pyrrole nitrogens is 1. The summed E-state index contributed by atoms with van der Waals surface area (Å²) in [5.41, 5.74) is 0.511. The van der Waals surface area contributed by atoms with Gasteiger partial charge in [-0.2, -0.15) is 0 Å². The minimum Gasteiger partial charge on any atom is -0.354 e. The number of hydrogen-bond acceptors (Lipinski definition) is 3. The second kappa shape index (κ2) is 8.62. The zero-order valence-corrected chi connectivity index (χ0v) is 14.8. The highest BCUT2D eigenvalue weighted by molar-refractivity contribution is 5.78. The maximum Gasteiger partial charge on any atom is 0.258 e. The van der Waals surface area contributed by atoms with Gasteiger partial charge in [-0.15, -0.1) is 0 Å². The summed E-state index contributed by atoms with van der Waals surface area (Å²) in [5, 5.41) is 3.59. The molecule has 2 aromatic rings. The Morgan fingerprint density at radius 1 is 1.21 bits per heavy atom. The molecular formula is C19H27N3O2. The fraction of sp³-hybridized carbons (Fsp3) is 0.526. The Balaban J connectivity index is 1.84. The van der Waals surface area contributed by atoms with Gasteiger partial charge >= 0.3 is 0 Å². The number of carbonyl (C=O) groups is 1. The molecule has 0 spiro atoms. The first-order valence-electron chi connectivity index (χ1n) is 8.73. The van der Waals surface area contributed by atoms with Crippen LogP contribution in [0, 0.1) is 5.92 Å². The van der Waals surface area contributed by atoms with Crippen molar-refractivity contribution in [1.29, 1.82) is 0 Å². The summed E-state index contributed by atoms with van der Waals surface area (Å²) < 4.78 is 0. The van der Waals surface area contributed by atoms with Gasteiger partial charge in [-0.3, -0.25) is 9.59 Å². The van der Waals surface area contributed by atoms with E-state index in [1.165, 1.54) is 6.42 Å². The molecule has 0 saturated carbocycles. The molecule has 0 fully saturated rings. The molecule has 130 valence electrons. The van der Waals surface area contributed by atoms with Crippen LogP contribution in [0.4, 0.5) is 0 Å². The van der Waals surface area contributed by atoms with E-state index in [0.29, 0.717) is 35.5 Å². The van der Waals surface area contributed by atoms with Crippen LogP contribution in [-0.2, 0) is 11.2 Å². The zero-order valence-electron chi connectivity index (χ0n) is 14.8. The number of aromatic amines is 1. The summed E-state index contributed by atoms with van der Waals surface area (Å²) in [6.45, 7) is 6.45. The second-order valence-electron chi connectivity index (χ2n) is 6.82. The Morgan fingerprint density at radius 3 is 2.71 bits per heavy atom. The number of para-hydroxylation sites is 1. The fourth-order valence-electron chi connectivity index (χ4n) is 2.74. The van der Waals surface area contributed by atoms with Crippen LogP contribution in [0.25, 0.3) is 10.9 Å². The van der Waals surface area contributed by atoms with Crippen molar-refractivity contribution in [2.45, 2.75) is 58.9 Å².